The number of ether oxygens (including phenoxy) is 2. The summed E-state index contributed by atoms with van der Waals surface area (Å²) in [5.41, 5.74) is 7.10. The maximum Gasteiger partial charge on any atom is 0.317 e. The van der Waals surface area contributed by atoms with Crippen LogP contribution in [0.25, 0.3) is 11.1 Å². The van der Waals surface area contributed by atoms with Gasteiger partial charge in [0.25, 0.3) is 11.5 Å². The Morgan fingerprint density at radius 3 is 2.32 bits per heavy atom. The minimum atomic E-state index is -0.601. The zero-order valence-electron chi connectivity index (χ0n) is 35.6. The van der Waals surface area contributed by atoms with E-state index in [-0.39, 0.29) is 42.3 Å². The summed E-state index contributed by atoms with van der Waals surface area (Å²) in [6.07, 6.45) is 6.50. The fourth-order valence-electron chi connectivity index (χ4n) is 9.99. The van der Waals surface area contributed by atoms with Crippen molar-refractivity contribution in [2.75, 3.05) is 72.0 Å². The highest BCUT2D eigenvalue weighted by Gasteiger charge is 2.39. The third-order valence-electron chi connectivity index (χ3n) is 13.5. The van der Waals surface area contributed by atoms with Crippen LogP contribution in [0.2, 0.25) is 0 Å². The molecule has 0 spiro atoms. The lowest BCUT2D eigenvalue weighted by molar-refractivity contribution is -0.136. The Labute approximate surface area is 351 Å². The van der Waals surface area contributed by atoms with Crippen molar-refractivity contribution in [1.29, 1.82) is 0 Å². The van der Waals surface area contributed by atoms with Crippen molar-refractivity contribution in [2.24, 2.45) is 13.0 Å². The number of aryl methyl sites for hydroxylation is 1. The van der Waals surface area contributed by atoms with Crippen molar-refractivity contribution in [3.05, 3.63) is 74.7 Å². The van der Waals surface area contributed by atoms with E-state index in [2.05, 4.69) is 50.5 Å². The number of carbonyl (C=O) groups excluding carboxylic acids is 4. The molecule has 3 aromatic rings. The van der Waals surface area contributed by atoms with E-state index in [0.29, 0.717) is 55.6 Å². The molecule has 2 aromatic carbocycles. The van der Waals surface area contributed by atoms with E-state index in [1.54, 1.807) is 42.7 Å². The number of anilines is 1. The van der Waals surface area contributed by atoms with E-state index in [1.165, 1.54) is 6.42 Å². The standard InChI is InChI=1S/C45H58N8O7/c1-28-23-49(14-10-29-11-15-50(16-12-29)32-6-7-33-31(20-32)24-53(44(33)57)38-8-9-41(54)47-42(38)55)18-19-51(28)27-37-39(59-4)21-30(22-40(37)60-5)35-25-48(3)43(56)36-26-52(45(58)46-2)17-13-34(35)36/h6-7,20-22,25,28-29,38H,8-19,23-24,26-27H2,1-5H3,(H,46,58)(H,47,54,55)/t28-,38?/m1/s1. The molecule has 3 saturated heterocycles. The molecule has 0 aliphatic carbocycles. The molecule has 5 aliphatic rings. The van der Waals surface area contributed by atoms with E-state index < -0.39 is 6.04 Å². The lowest BCUT2D eigenvalue weighted by atomic mass is 9.91. The summed E-state index contributed by atoms with van der Waals surface area (Å²) in [5, 5.41) is 5.06. The summed E-state index contributed by atoms with van der Waals surface area (Å²) in [4.78, 5) is 73.8. The average molecular weight is 823 g/mol. The van der Waals surface area contributed by atoms with Crippen LogP contribution in [0, 0.1) is 5.92 Å². The molecule has 0 radical (unpaired) electrons. The zero-order valence-corrected chi connectivity index (χ0v) is 35.6. The number of fused-ring (bicyclic) bond motifs is 2. The van der Waals surface area contributed by atoms with Crippen LogP contribution in [0.4, 0.5) is 10.5 Å². The van der Waals surface area contributed by atoms with Gasteiger partial charge in [-0.05, 0) is 98.5 Å². The number of carbonyl (C=O) groups is 4. The van der Waals surface area contributed by atoms with Crippen molar-refractivity contribution in [3.63, 3.8) is 0 Å². The van der Waals surface area contributed by atoms with Crippen LogP contribution in [0.15, 0.2) is 41.3 Å². The molecule has 8 rings (SSSR count). The van der Waals surface area contributed by atoms with Crippen LogP contribution in [-0.4, -0.2) is 127 Å². The minimum absolute atomic E-state index is 0.0912. The monoisotopic (exact) mass is 822 g/mol. The van der Waals surface area contributed by atoms with Gasteiger partial charge in [0, 0.05) is 107 Å². The van der Waals surface area contributed by atoms with Gasteiger partial charge in [-0.3, -0.25) is 29.4 Å². The minimum Gasteiger partial charge on any atom is -0.496 e. The maximum atomic E-state index is 13.2. The summed E-state index contributed by atoms with van der Waals surface area (Å²) in [5.74, 6) is 1.36. The van der Waals surface area contributed by atoms with Crippen LogP contribution >= 0.6 is 0 Å². The molecule has 2 N–H and O–H groups in total. The first-order valence-electron chi connectivity index (χ1n) is 21.4. The quantitative estimate of drug-likeness (QED) is 0.292. The highest BCUT2D eigenvalue weighted by molar-refractivity contribution is 6.05. The SMILES string of the molecule is CNC(=O)N1CCc2c(-c3cc(OC)c(CN4CCN(CCC5CCN(c6ccc7c(c6)CN(C6CCC(=O)NC6=O)C7=O)CC5)C[C@H]4C)c(OC)c3)cn(C)c(=O)c2C1. The second-order valence-electron chi connectivity index (χ2n) is 17.1. The Hall–Kier alpha value is -5.41. The topological polar surface area (TPSA) is 149 Å². The molecule has 1 aromatic heterocycles. The van der Waals surface area contributed by atoms with Crippen molar-refractivity contribution in [3.8, 4) is 22.6 Å². The summed E-state index contributed by atoms with van der Waals surface area (Å²) >= 11 is 0. The summed E-state index contributed by atoms with van der Waals surface area (Å²) in [6, 6.07) is 9.71. The third kappa shape index (κ3) is 8.08. The van der Waals surface area contributed by atoms with Gasteiger partial charge < -0.3 is 39.0 Å². The Morgan fingerprint density at radius 1 is 0.883 bits per heavy atom. The lowest BCUT2D eigenvalue weighted by Gasteiger charge is -2.41. The molecular weight excluding hydrogens is 765 g/mol. The number of urea groups is 1. The fourth-order valence-corrected chi connectivity index (χ4v) is 9.99. The molecule has 2 atom stereocenters. The van der Waals surface area contributed by atoms with Gasteiger partial charge in [-0.1, -0.05) is 0 Å². The first-order chi connectivity index (χ1) is 29.0. The average Bonchev–Trinajstić information content (AvgIpc) is 3.59. The van der Waals surface area contributed by atoms with Crippen LogP contribution in [0.1, 0.15) is 71.6 Å². The number of piperazine rings is 1. The number of benzene rings is 2. The number of nitrogens with one attached hydrogen (secondary N) is 2. The number of rotatable bonds is 10. The van der Waals surface area contributed by atoms with E-state index in [4.69, 9.17) is 9.47 Å². The van der Waals surface area contributed by atoms with Crippen LogP contribution in [0.5, 0.6) is 11.5 Å². The molecule has 5 aliphatic heterocycles. The molecule has 0 saturated carbocycles. The molecular formula is C45H58N8O7. The Kier molecular flexibility index (Phi) is 11.9. The molecule has 0 bridgehead atoms. The van der Waals surface area contributed by atoms with E-state index >= 15 is 0 Å². The maximum absolute atomic E-state index is 13.2. The van der Waals surface area contributed by atoms with Gasteiger partial charge in [0.1, 0.15) is 17.5 Å². The lowest BCUT2D eigenvalue weighted by Crippen LogP contribution is -2.52. The van der Waals surface area contributed by atoms with Gasteiger partial charge >= 0.3 is 6.03 Å². The van der Waals surface area contributed by atoms with Crippen molar-refractivity contribution < 1.29 is 28.7 Å². The summed E-state index contributed by atoms with van der Waals surface area (Å²) < 4.78 is 13.6. The van der Waals surface area contributed by atoms with Gasteiger partial charge in [-0.25, -0.2) is 4.79 Å². The zero-order chi connectivity index (χ0) is 42.2. The molecule has 1 unspecified atom stereocenters. The number of nitrogens with zero attached hydrogens (tertiary/aromatic N) is 6. The molecule has 5 amide bonds. The molecule has 15 heteroatoms. The Morgan fingerprint density at radius 2 is 1.63 bits per heavy atom. The second-order valence-corrected chi connectivity index (χ2v) is 17.1. The smallest absolute Gasteiger partial charge is 0.317 e. The van der Waals surface area contributed by atoms with Crippen molar-refractivity contribution >= 4 is 29.4 Å². The van der Waals surface area contributed by atoms with Crippen LogP contribution < -0.4 is 30.6 Å². The number of hydrogen-bond donors (Lipinski definition) is 2. The Balaban J connectivity index is 0.848. The number of methoxy groups -OCH3 is 2. The van der Waals surface area contributed by atoms with Crippen LogP contribution in [0.3, 0.4) is 0 Å². The van der Waals surface area contributed by atoms with Crippen LogP contribution in [-0.2, 0) is 42.7 Å². The van der Waals surface area contributed by atoms with E-state index in [9.17, 15) is 24.0 Å². The summed E-state index contributed by atoms with van der Waals surface area (Å²) in [7, 11) is 6.74. The molecule has 60 heavy (non-hydrogen) atoms. The van der Waals surface area contributed by atoms with Gasteiger partial charge in [0.15, 0.2) is 0 Å². The fraction of sp³-hybridized carbons (Fsp3) is 0.533. The first kappa shape index (κ1) is 41.3. The molecule has 3 fully saturated rings. The molecule has 15 nitrogen and oxygen atoms in total. The Bertz CT molecular complexity index is 2210. The van der Waals surface area contributed by atoms with Crippen molar-refractivity contribution in [2.45, 2.75) is 77.2 Å². The molecule has 6 heterocycles. The second kappa shape index (κ2) is 17.3. The summed E-state index contributed by atoms with van der Waals surface area (Å²) in [6.45, 7) is 10.1. The predicted molar refractivity (Wildman–Crippen MR) is 227 cm³/mol. The number of piperidine rings is 2. The highest BCUT2D eigenvalue weighted by atomic mass is 16.5. The van der Waals surface area contributed by atoms with Gasteiger partial charge in [0.2, 0.25) is 11.8 Å². The van der Waals surface area contributed by atoms with E-state index in [0.717, 1.165) is 97.1 Å². The molecule has 320 valence electrons. The van der Waals surface area contributed by atoms with Gasteiger partial charge in [-0.2, -0.15) is 0 Å². The highest BCUT2D eigenvalue weighted by Crippen LogP contribution is 2.39. The first-order valence-corrected chi connectivity index (χ1v) is 21.4. The number of amides is 5. The normalized spacial score (nSPS) is 21.5. The third-order valence-corrected chi connectivity index (χ3v) is 13.5. The van der Waals surface area contributed by atoms with Gasteiger partial charge in [-0.15, -0.1) is 0 Å². The van der Waals surface area contributed by atoms with Gasteiger partial charge in [0.05, 0.1) is 26.3 Å². The predicted octanol–water partition coefficient (Wildman–Crippen LogP) is 3.34. The van der Waals surface area contributed by atoms with E-state index in [1.807, 2.05) is 18.3 Å². The van der Waals surface area contributed by atoms with Crippen molar-refractivity contribution in [1.82, 2.24) is 34.8 Å². The largest absolute Gasteiger partial charge is 0.496 e. The number of hydrogen-bond acceptors (Lipinski definition) is 10. The number of aromatic nitrogens is 1. The number of pyridine rings is 1. The number of imide groups is 1.